The number of alkyl halides is 2. The molecule has 25 heavy (non-hydrogen) atoms. The van der Waals surface area contributed by atoms with E-state index in [4.69, 9.17) is 0 Å². The third-order valence-electron chi connectivity index (χ3n) is 2.96. The summed E-state index contributed by atoms with van der Waals surface area (Å²) in [5.74, 6) is -0.479. The standard InChI is InChI=1S/C15H16F2N4O3S/c1-8(2)13(23)18-7-11(22)19-15-20-12(21-25-15)9-3-5-10(6-4-9)24-14(16)17/h3-6,8,14H,7H2,1-2H3,(H,18,23)(H,19,20,21,22). The fourth-order valence-electron chi connectivity index (χ4n) is 1.71. The summed E-state index contributed by atoms with van der Waals surface area (Å²) in [6.07, 6.45) is 0. The van der Waals surface area contributed by atoms with Gasteiger partial charge in [-0.1, -0.05) is 13.8 Å². The molecule has 0 spiro atoms. The summed E-state index contributed by atoms with van der Waals surface area (Å²) in [7, 11) is 0. The molecule has 2 amide bonds. The second-order valence-corrected chi connectivity index (χ2v) is 6.00. The lowest BCUT2D eigenvalue weighted by Crippen LogP contribution is -2.35. The summed E-state index contributed by atoms with van der Waals surface area (Å²) in [6, 6.07) is 5.83. The maximum atomic E-state index is 12.1. The molecule has 0 aliphatic heterocycles. The molecular weight excluding hydrogens is 354 g/mol. The van der Waals surface area contributed by atoms with Crippen LogP contribution in [0.3, 0.4) is 0 Å². The maximum absolute atomic E-state index is 12.1. The minimum atomic E-state index is -2.89. The number of hydrogen-bond acceptors (Lipinski definition) is 6. The molecule has 0 bridgehead atoms. The minimum absolute atomic E-state index is 0.0309. The van der Waals surface area contributed by atoms with Crippen LogP contribution >= 0.6 is 11.5 Å². The Balaban J connectivity index is 1.93. The maximum Gasteiger partial charge on any atom is 0.387 e. The lowest BCUT2D eigenvalue weighted by Gasteiger charge is -2.06. The fraction of sp³-hybridized carbons (Fsp3) is 0.333. The van der Waals surface area contributed by atoms with E-state index < -0.39 is 12.5 Å². The van der Waals surface area contributed by atoms with E-state index in [0.29, 0.717) is 11.4 Å². The summed E-state index contributed by atoms with van der Waals surface area (Å²) >= 11 is 0.971. The predicted molar refractivity (Wildman–Crippen MR) is 88.5 cm³/mol. The van der Waals surface area contributed by atoms with Crippen molar-refractivity contribution in [2.45, 2.75) is 20.5 Å². The summed E-state index contributed by atoms with van der Waals surface area (Å²) in [4.78, 5) is 27.3. The van der Waals surface area contributed by atoms with Gasteiger partial charge in [-0.2, -0.15) is 18.1 Å². The van der Waals surface area contributed by atoms with Crippen LogP contribution in [-0.4, -0.2) is 34.3 Å². The second kappa shape index (κ2) is 8.47. The first-order chi connectivity index (χ1) is 11.8. The largest absolute Gasteiger partial charge is 0.435 e. The van der Waals surface area contributed by atoms with Gasteiger partial charge in [0.05, 0.1) is 6.54 Å². The number of amides is 2. The highest BCUT2D eigenvalue weighted by Crippen LogP contribution is 2.24. The van der Waals surface area contributed by atoms with Crippen LogP contribution in [0, 0.1) is 5.92 Å². The molecule has 0 unspecified atom stereocenters. The van der Waals surface area contributed by atoms with Crippen molar-refractivity contribution >= 4 is 28.5 Å². The van der Waals surface area contributed by atoms with Gasteiger partial charge in [-0.3, -0.25) is 14.9 Å². The van der Waals surface area contributed by atoms with Crippen LogP contribution < -0.4 is 15.4 Å². The van der Waals surface area contributed by atoms with Crippen LogP contribution in [0.4, 0.5) is 13.9 Å². The molecular formula is C15H16F2N4O3S. The van der Waals surface area contributed by atoms with Crippen LogP contribution in [0.25, 0.3) is 11.4 Å². The van der Waals surface area contributed by atoms with Gasteiger partial charge in [0, 0.05) is 23.0 Å². The molecule has 10 heteroatoms. The lowest BCUT2D eigenvalue weighted by atomic mass is 10.2. The topological polar surface area (TPSA) is 93.2 Å². The number of carbonyl (C=O) groups is 2. The zero-order valence-corrected chi connectivity index (χ0v) is 14.3. The number of halogens is 2. The fourth-order valence-corrected chi connectivity index (χ4v) is 2.32. The Bertz CT molecular complexity index is 735. The molecule has 0 aliphatic carbocycles. The van der Waals surface area contributed by atoms with Gasteiger partial charge in [-0.15, -0.1) is 0 Å². The van der Waals surface area contributed by atoms with Crippen LogP contribution in [0.1, 0.15) is 13.8 Å². The highest BCUT2D eigenvalue weighted by atomic mass is 32.1. The molecule has 0 radical (unpaired) electrons. The molecule has 1 aromatic carbocycles. The van der Waals surface area contributed by atoms with E-state index in [2.05, 4.69) is 24.7 Å². The van der Waals surface area contributed by atoms with Crippen LogP contribution in [0.15, 0.2) is 24.3 Å². The molecule has 2 N–H and O–H groups in total. The number of hydrogen-bond donors (Lipinski definition) is 2. The predicted octanol–water partition coefficient (Wildman–Crippen LogP) is 2.52. The van der Waals surface area contributed by atoms with Gasteiger partial charge in [0.15, 0.2) is 5.82 Å². The van der Waals surface area contributed by atoms with Crippen LogP contribution in [0.2, 0.25) is 0 Å². The van der Waals surface area contributed by atoms with Crippen molar-refractivity contribution in [2.75, 3.05) is 11.9 Å². The van der Waals surface area contributed by atoms with E-state index in [1.54, 1.807) is 13.8 Å². The molecule has 134 valence electrons. The van der Waals surface area contributed by atoms with Gasteiger partial charge in [0.1, 0.15) is 5.75 Å². The molecule has 2 aromatic rings. The first-order valence-corrected chi connectivity index (χ1v) is 8.09. The minimum Gasteiger partial charge on any atom is -0.435 e. The first-order valence-electron chi connectivity index (χ1n) is 7.31. The zero-order chi connectivity index (χ0) is 18.4. The Morgan fingerprint density at radius 3 is 2.52 bits per heavy atom. The quantitative estimate of drug-likeness (QED) is 0.781. The Labute approximate surface area is 146 Å². The monoisotopic (exact) mass is 370 g/mol. The molecule has 0 fully saturated rings. The molecule has 1 aromatic heterocycles. The Morgan fingerprint density at radius 1 is 1.24 bits per heavy atom. The van der Waals surface area contributed by atoms with Crippen molar-refractivity contribution in [1.29, 1.82) is 0 Å². The van der Waals surface area contributed by atoms with Crippen molar-refractivity contribution in [3.8, 4) is 17.1 Å². The zero-order valence-electron chi connectivity index (χ0n) is 13.5. The van der Waals surface area contributed by atoms with Crippen molar-refractivity contribution in [3.63, 3.8) is 0 Å². The number of nitrogens with one attached hydrogen (secondary N) is 2. The molecule has 0 saturated heterocycles. The Morgan fingerprint density at radius 2 is 1.92 bits per heavy atom. The number of anilines is 1. The van der Waals surface area contributed by atoms with Crippen molar-refractivity contribution in [3.05, 3.63) is 24.3 Å². The van der Waals surface area contributed by atoms with Crippen molar-refractivity contribution in [1.82, 2.24) is 14.7 Å². The summed E-state index contributed by atoms with van der Waals surface area (Å²) in [5.41, 5.74) is 0.589. The number of aromatic nitrogens is 2. The van der Waals surface area contributed by atoms with Crippen molar-refractivity contribution < 1.29 is 23.1 Å². The first kappa shape index (κ1) is 18.7. The van der Waals surface area contributed by atoms with Gasteiger partial charge in [0.25, 0.3) is 0 Å². The van der Waals surface area contributed by atoms with E-state index in [1.165, 1.54) is 24.3 Å². The number of carbonyl (C=O) groups excluding carboxylic acids is 2. The van der Waals surface area contributed by atoms with Crippen molar-refractivity contribution in [2.24, 2.45) is 5.92 Å². The van der Waals surface area contributed by atoms with E-state index in [0.717, 1.165) is 11.5 Å². The van der Waals surface area contributed by atoms with E-state index in [9.17, 15) is 18.4 Å². The normalized spacial score (nSPS) is 10.8. The van der Waals surface area contributed by atoms with E-state index >= 15 is 0 Å². The van der Waals surface area contributed by atoms with E-state index in [-0.39, 0.29) is 29.3 Å². The van der Waals surface area contributed by atoms with Gasteiger partial charge < -0.3 is 10.1 Å². The lowest BCUT2D eigenvalue weighted by molar-refractivity contribution is -0.126. The van der Waals surface area contributed by atoms with Gasteiger partial charge in [-0.05, 0) is 24.3 Å². The second-order valence-electron chi connectivity index (χ2n) is 5.25. The van der Waals surface area contributed by atoms with E-state index in [1.807, 2.05) is 0 Å². The van der Waals surface area contributed by atoms with Crippen LogP contribution in [-0.2, 0) is 9.59 Å². The number of benzene rings is 1. The van der Waals surface area contributed by atoms with Gasteiger partial charge >= 0.3 is 6.61 Å². The smallest absolute Gasteiger partial charge is 0.387 e. The Kier molecular flexibility index (Phi) is 6.34. The highest BCUT2D eigenvalue weighted by molar-refractivity contribution is 7.10. The van der Waals surface area contributed by atoms with Crippen LogP contribution in [0.5, 0.6) is 5.75 Å². The average molecular weight is 370 g/mol. The third-order valence-corrected chi connectivity index (χ3v) is 3.59. The average Bonchev–Trinajstić information content (AvgIpc) is 3.01. The molecule has 0 saturated carbocycles. The summed E-state index contributed by atoms with van der Waals surface area (Å²) < 4.78 is 32.6. The number of ether oxygens (including phenoxy) is 1. The molecule has 2 rings (SSSR count). The summed E-state index contributed by atoms with van der Waals surface area (Å²) in [6.45, 7) is 0.399. The molecule has 7 nitrogen and oxygen atoms in total. The van der Waals surface area contributed by atoms with Gasteiger partial charge in [0.2, 0.25) is 16.9 Å². The summed E-state index contributed by atoms with van der Waals surface area (Å²) in [5, 5.41) is 5.29. The van der Waals surface area contributed by atoms with Gasteiger partial charge in [-0.25, -0.2) is 0 Å². The Hall–Kier alpha value is -2.62. The third kappa shape index (κ3) is 5.75. The number of nitrogens with zero attached hydrogens (tertiary/aromatic N) is 2. The molecule has 1 heterocycles. The molecule has 0 aliphatic rings. The molecule has 0 atom stereocenters. The SMILES string of the molecule is CC(C)C(=O)NCC(=O)Nc1nc(-c2ccc(OC(F)F)cc2)ns1. The number of rotatable bonds is 7. The highest BCUT2D eigenvalue weighted by Gasteiger charge is 2.12.